The summed E-state index contributed by atoms with van der Waals surface area (Å²) in [4.78, 5) is 19.7. The van der Waals surface area contributed by atoms with E-state index in [9.17, 15) is 26.7 Å². The van der Waals surface area contributed by atoms with Crippen molar-refractivity contribution in [1.29, 1.82) is 0 Å². The van der Waals surface area contributed by atoms with Gasteiger partial charge in [-0.1, -0.05) is 12.1 Å². The van der Waals surface area contributed by atoms with E-state index in [1.54, 1.807) is 41.9 Å². The van der Waals surface area contributed by atoms with Crippen molar-refractivity contribution in [3.63, 3.8) is 0 Å². The zero-order valence-corrected chi connectivity index (χ0v) is 24.7. The number of benzene rings is 2. The van der Waals surface area contributed by atoms with Crippen LogP contribution in [0.15, 0.2) is 42.7 Å². The Kier molecular flexibility index (Phi) is 6.89. The van der Waals surface area contributed by atoms with Crippen molar-refractivity contribution < 1.29 is 26.7 Å². The van der Waals surface area contributed by atoms with Crippen LogP contribution in [0.3, 0.4) is 0 Å². The SMILES string of the molecule is CN1CCN(Cc2cc3c(c(C(F)(F)F)c2)CN(c2cccc(C4(Cc5nncn5C)CC(F)(F)C4)c2)C3=O)[C@H](C2CC2)C1. The third-order valence-corrected chi connectivity index (χ3v) is 9.96. The zero-order valence-electron chi connectivity index (χ0n) is 24.7. The number of alkyl halides is 5. The predicted molar refractivity (Wildman–Crippen MR) is 153 cm³/mol. The summed E-state index contributed by atoms with van der Waals surface area (Å²) in [7, 11) is 3.82. The topological polar surface area (TPSA) is 57.5 Å². The molecule has 12 heteroatoms. The molecule has 1 atom stereocenters. The van der Waals surface area contributed by atoms with Crippen LogP contribution < -0.4 is 4.90 Å². The molecule has 1 saturated heterocycles. The number of hydrogen-bond acceptors (Lipinski definition) is 5. The van der Waals surface area contributed by atoms with E-state index in [2.05, 4.69) is 27.0 Å². The molecule has 7 rings (SSSR count). The molecule has 3 aromatic rings. The first-order valence-electron chi connectivity index (χ1n) is 15.1. The molecular weight excluding hydrogens is 579 g/mol. The summed E-state index contributed by atoms with van der Waals surface area (Å²) in [5.41, 5.74) is -0.231. The molecular formula is C32H35F5N6O. The Morgan fingerprint density at radius 2 is 1.82 bits per heavy atom. The lowest BCUT2D eigenvalue weighted by atomic mass is 9.60. The minimum absolute atomic E-state index is 0.0438. The van der Waals surface area contributed by atoms with Gasteiger partial charge in [-0.2, -0.15) is 13.2 Å². The first-order valence-corrected chi connectivity index (χ1v) is 15.1. The average molecular weight is 615 g/mol. The van der Waals surface area contributed by atoms with Gasteiger partial charge < -0.3 is 14.4 Å². The van der Waals surface area contributed by atoms with Crippen molar-refractivity contribution in [1.82, 2.24) is 24.6 Å². The largest absolute Gasteiger partial charge is 0.416 e. The van der Waals surface area contributed by atoms with E-state index in [0.29, 0.717) is 41.1 Å². The second-order valence-corrected chi connectivity index (χ2v) is 13.3. The van der Waals surface area contributed by atoms with E-state index in [4.69, 9.17) is 0 Å². The van der Waals surface area contributed by atoms with Crippen molar-refractivity contribution in [3.8, 4) is 0 Å². The Bertz CT molecular complexity index is 1590. The monoisotopic (exact) mass is 614 g/mol. The molecule has 44 heavy (non-hydrogen) atoms. The predicted octanol–water partition coefficient (Wildman–Crippen LogP) is 5.43. The van der Waals surface area contributed by atoms with E-state index in [1.807, 2.05) is 0 Å². The number of aromatic nitrogens is 3. The number of amides is 1. The minimum Gasteiger partial charge on any atom is -0.321 e. The van der Waals surface area contributed by atoms with E-state index in [1.165, 1.54) is 17.3 Å². The highest BCUT2D eigenvalue weighted by Crippen LogP contribution is 2.55. The maximum absolute atomic E-state index is 14.4. The lowest BCUT2D eigenvalue weighted by Gasteiger charge is -2.48. The quantitative estimate of drug-likeness (QED) is 0.333. The molecule has 3 heterocycles. The molecule has 0 N–H and O–H groups in total. The van der Waals surface area contributed by atoms with Crippen molar-refractivity contribution in [2.45, 2.75) is 68.7 Å². The van der Waals surface area contributed by atoms with Gasteiger partial charge in [0.1, 0.15) is 12.2 Å². The van der Waals surface area contributed by atoms with Gasteiger partial charge in [-0.15, -0.1) is 10.2 Å². The molecule has 0 bridgehead atoms. The van der Waals surface area contributed by atoms with Gasteiger partial charge in [0, 0.05) is 75.2 Å². The van der Waals surface area contributed by atoms with E-state index >= 15 is 0 Å². The summed E-state index contributed by atoms with van der Waals surface area (Å²) in [6.45, 7) is 2.60. The first kappa shape index (κ1) is 29.3. The van der Waals surface area contributed by atoms with Crippen LogP contribution in [0.1, 0.15) is 64.1 Å². The molecule has 0 unspecified atom stereocenters. The number of aryl methyl sites for hydroxylation is 1. The van der Waals surface area contributed by atoms with Gasteiger partial charge >= 0.3 is 6.18 Å². The molecule has 4 aliphatic rings. The molecule has 2 aromatic carbocycles. The summed E-state index contributed by atoms with van der Waals surface area (Å²) in [5, 5.41) is 7.96. The van der Waals surface area contributed by atoms with E-state index < -0.39 is 29.0 Å². The minimum atomic E-state index is -4.63. The maximum Gasteiger partial charge on any atom is 0.416 e. The Morgan fingerprint density at radius 3 is 2.48 bits per heavy atom. The summed E-state index contributed by atoms with van der Waals surface area (Å²) in [6, 6.07) is 9.87. The number of hydrogen-bond donors (Lipinski definition) is 0. The second-order valence-electron chi connectivity index (χ2n) is 13.3. The highest BCUT2D eigenvalue weighted by Gasteiger charge is 2.57. The fourth-order valence-electron chi connectivity index (χ4n) is 7.51. The molecule has 2 saturated carbocycles. The van der Waals surface area contributed by atoms with Crippen LogP contribution in [0, 0.1) is 5.92 Å². The molecule has 1 amide bonds. The number of piperazine rings is 1. The van der Waals surface area contributed by atoms with Gasteiger partial charge in [0.05, 0.1) is 12.1 Å². The van der Waals surface area contributed by atoms with Crippen LogP contribution in [0.2, 0.25) is 0 Å². The maximum atomic E-state index is 14.4. The van der Waals surface area contributed by atoms with Crippen LogP contribution in [-0.4, -0.2) is 69.1 Å². The highest BCUT2D eigenvalue weighted by atomic mass is 19.4. The van der Waals surface area contributed by atoms with Crippen molar-refractivity contribution in [2.75, 3.05) is 31.6 Å². The number of fused-ring (bicyclic) bond motifs is 1. The highest BCUT2D eigenvalue weighted by molar-refractivity contribution is 6.10. The number of carbonyl (C=O) groups excluding carboxylic acids is 1. The fraction of sp³-hybridized carbons (Fsp3) is 0.531. The standard InChI is InChI=1S/C32H35F5N6O/c1-40-8-9-42(27(16-40)21-6-7-21)14-20-10-24-25(26(11-20)32(35,36)37)15-43(29(24)44)23-5-3-4-22(12-23)30(17-31(33,34)18-30)13-28-39-38-19-41(28)2/h3-5,10-12,19,21,27H,6-9,13-18H2,1-2H3/t27-/m0/s1. The average Bonchev–Trinajstić information content (AvgIpc) is 3.65. The lowest BCUT2D eigenvalue weighted by Crippen LogP contribution is -2.52. The van der Waals surface area contributed by atoms with Crippen LogP contribution >= 0.6 is 0 Å². The summed E-state index contributed by atoms with van der Waals surface area (Å²) in [6.07, 6.45) is -1.40. The van der Waals surface area contributed by atoms with Gasteiger partial charge in [0.25, 0.3) is 5.91 Å². The Balaban J connectivity index is 1.20. The van der Waals surface area contributed by atoms with Gasteiger partial charge in [-0.25, -0.2) is 8.78 Å². The Hall–Kier alpha value is -3.38. The fourth-order valence-corrected chi connectivity index (χ4v) is 7.51. The lowest BCUT2D eigenvalue weighted by molar-refractivity contribution is -0.138. The van der Waals surface area contributed by atoms with Crippen molar-refractivity contribution in [2.24, 2.45) is 13.0 Å². The van der Waals surface area contributed by atoms with Crippen LogP contribution in [0.25, 0.3) is 0 Å². The number of rotatable bonds is 7. The molecule has 0 radical (unpaired) electrons. The van der Waals surface area contributed by atoms with Crippen LogP contribution in [-0.2, 0) is 38.1 Å². The van der Waals surface area contributed by atoms with E-state index in [0.717, 1.165) is 32.5 Å². The molecule has 3 fully saturated rings. The molecule has 1 aromatic heterocycles. The molecule has 0 spiro atoms. The van der Waals surface area contributed by atoms with Gasteiger partial charge in [-0.05, 0) is 66.8 Å². The zero-order chi connectivity index (χ0) is 31.0. The van der Waals surface area contributed by atoms with Gasteiger partial charge in [-0.3, -0.25) is 9.69 Å². The van der Waals surface area contributed by atoms with Crippen molar-refractivity contribution in [3.05, 3.63) is 76.4 Å². The summed E-state index contributed by atoms with van der Waals surface area (Å²) < 4.78 is 73.7. The number of anilines is 1. The van der Waals surface area contributed by atoms with Crippen LogP contribution in [0.4, 0.5) is 27.6 Å². The third-order valence-electron chi connectivity index (χ3n) is 9.96. The number of likely N-dealkylation sites (N-methyl/N-ethyl adjacent to an activating group) is 1. The van der Waals surface area contributed by atoms with Gasteiger partial charge in [0.15, 0.2) is 0 Å². The summed E-state index contributed by atoms with van der Waals surface area (Å²) >= 11 is 0. The third kappa shape index (κ3) is 5.29. The molecule has 2 aliphatic heterocycles. The molecule has 234 valence electrons. The van der Waals surface area contributed by atoms with Crippen LogP contribution in [0.5, 0.6) is 0 Å². The number of carbonyl (C=O) groups is 1. The van der Waals surface area contributed by atoms with Gasteiger partial charge in [0.2, 0.25) is 5.92 Å². The molecule has 2 aliphatic carbocycles. The smallest absolute Gasteiger partial charge is 0.321 e. The molecule has 7 nitrogen and oxygen atoms in total. The summed E-state index contributed by atoms with van der Waals surface area (Å²) in [5.74, 6) is -2.23. The second kappa shape index (κ2) is 10.3. The normalized spacial score (nSPS) is 23.6. The Labute approximate surface area is 252 Å². The number of nitrogens with zero attached hydrogens (tertiary/aromatic N) is 6. The van der Waals surface area contributed by atoms with Crippen molar-refractivity contribution >= 4 is 11.6 Å². The van der Waals surface area contributed by atoms with E-state index in [-0.39, 0.29) is 36.9 Å². The number of halogens is 5. The first-order chi connectivity index (χ1) is 20.8. The Morgan fingerprint density at radius 1 is 1.05 bits per heavy atom.